The number of amides is 4. The van der Waals surface area contributed by atoms with Crippen molar-refractivity contribution in [2.75, 3.05) is 19.6 Å². The zero-order chi connectivity index (χ0) is 29.6. The van der Waals surface area contributed by atoms with Crippen molar-refractivity contribution >= 4 is 23.6 Å². The summed E-state index contributed by atoms with van der Waals surface area (Å²) >= 11 is 0. The lowest BCUT2D eigenvalue weighted by Gasteiger charge is -2.26. The predicted octanol–water partition coefficient (Wildman–Crippen LogP) is 1.41. The molecule has 0 unspecified atom stereocenters. The zero-order valence-corrected chi connectivity index (χ0v) is 23.5. The van der Waals surface area contributed by atoms with Crippen LogP contribution in [-0.4, -0.2) is 67.4 Å². The minimum absolute atomic E-state index is 0. The molecule has 230 valence electrons. The molecule has 38 heavy (non-hydrogen) atoms. The van der Waals surface area contributed by atoms with E-state index in [1.807, 2.05) is 13.8 Å². The number of hydrogen-bond acceptors (Lipinski definition) is 8. The Morgan fingerprint density at radius 1 is 0.658 bits per heavy atom. The summed E-state index contributed by atoms with van der Waals surface area (Å²) in [7, 11) is 0. The van der Waals surface area contributed by atoms with Gasteiger partial charge in [0.05, 0.1) is 37.8 Å². The highest BCUT2D eigenvalue weighted by atomic mass is 16.2. The molecule has 0 saturated carbocycles. The first-order valence-corrected chi connectivity index (χ1v) is 12.4. The molecule has 4 amide bonds. The molecule has 12 nitrogen and oxygen atoms in total. The fraction of sp³-hybridized carbons (Fsp3) is 0.538. The summed E-state index contributed by atoms with van der Waals surface area (Å²) in [6, 6.07) is -1.95. The third-order valence-electron chi connectivity index (χ3n) is 5.45. The van der Waals surface area contributed by atoms with E-state index in [1.54, 1.807) is 27.7 Å². The van der Waals surface area contributed by atoms with Crippen molar-refractivity contribution < 1.29 is 30.6 Å². The van der Waals surface area contributed by atoms with Gasteiger partial charge >= 0.3 is 0 Å². The summed E-state index contributed by atoms with van der Waals surface area (Å²) in [5.41, 5.74) is 7.17. The minimum atomic E-state index is -0.652. The number of nitrogens with one attached hydrogen (secondary N) is 7. The van der Waals surface area contributed by atoms with E-state index in [1.165, 1.54) is 0 Å². The van der Waals surface area contributed by atoms with Crippen LogP contribution in [0, 0.1) is 5.92 Å². The molecule has 0 aromatic carbocycles. The average molecular weight is 551 g/mol. The van der Waals surface area contributed by atoms with Crippen molar-refractivity contribution in [2.24, 2.45) is 11.7 Å². The second kappa shape index (κ2) is 16.7. The van der Waals surface area contributed by atoms with Gasteiger partial charge in [0.15, 0.2) is 0 Å². The van der Waals surface area contributed by atoms with Crippen LogP contribution in [0.15, 0.2) is 49.1 Å². The lowest BCUT2D eigenvalue weighted by Crippen LogP contribution is -2.50. The molecule has 0 aliphatic heterocycles. The fourth-order valence-corrected chi connectivity index (χ4v) is 3.04. The van der Waals surface area contributed by atoms with Crippen LogP contribution < -0.4 is 43.0 Å². The molecular weight excluding hydrogens is 488 g/mol. The highest BCUT2D eigenvalue weighted by molar-refractivity contribution is 5.82. The Labute approximate surface area is 238 Å². The van der Waals surface area contributed by atoms with E-state index >= 15 is 0 Å². The Morgan fingerprint density at radius 2 is 1.16 bits per heavy atom. The first kappa shape index (κ1) is 34.0. The molecule has 0 rings (SSSR count). The van der Waals surface area contributed by atoms with Crippen molar-refractivity contribution in [1.29, 1.82) is 0 Å². The van der Waals surface area contributed by atoms with Crippen LogP contribution in [0.5, 0.6) is 0 Å². The summed E-state index contributed by atoms with van der Waals surface area (Å²) in [5, 5.41) is 20.0. The second-order valence-electron chi connectivity index (χ2n) is 9.56. The molecule has 0 fully saturated rings. The first-order chi connectivity index (χ1) is 17.5. The molecular formula is C26H62N8O4. The maximum Gasteiger partial charge on any atom is 0.242 e. The summed E-state index contributed by atoms with van der Waals surface area (Å²) in [5.74, 6) is -1.35. The van der Waals surface area contributed by atoms with Gasteiger partial charge in [-0.05, 0) is 33.6 Å². The van der Waals surface area contributed by atoms with E-state index in [4.69, 9.17) is 5.73 Å². The molecule has 12 heteroatoms. The van der Waals surface area contributed by atoms with Crippen LogP contribution in [0.4, 0.5) is 0 Å². The second-order valence-corrected chi connectivity index (χ2v) is 9.56. The Balaban J connectivity index is -0.000000244. The number of nitrogens with two attached hydrogens (primary N) is 1. The maximum atomic E-state index is 12.5. The van der Waals surface area contributed by atoms with Gasteiger partial charge in [0.1, 0.15) is 6.04 Å². The van der Waals surface area contributed by atoms with Gasteiger partial charge < -0.3 is 43.0 Å². The quantitative estimate of drug-likeness (QED) is 0.119. The Hall–Kier alpha value is -3.96. The van der Waals surface area contributed by atoms with Crippen molar-refractivity contribution in [3.8, 4) is 0 Å². The van der Waals surface area contributed by atoms with Crippen molar-refractivity contribution in [3.05, 3.63) is 49.1 Å². The summed E-state index contributed by atoms with van der Waals surface area (Å²) in [4.78, 5) is 48.0. The van der Waals surface area contributed by atoms with Gasteiger partial charge in [0.25, 0.3) is 0 Å². The van der Waals surface area contributed by atoms with Crippen LogP contribution in [-0.2, 0) is 19.2 Å². The number of carbonyl (C=O) groups is 4. The zero-order valence-electron chi connectivity index (χ0n) is 23.5. The van der Waals surface area contributed by atoms with Gasteiger partial charge in [-0.3, -0.25) is 19.2 Å². The molecule has 0 radical (unpaired) electrons. The Morgan fingerprint density at radius 3 is 1.68 bits per heavy atom. The third kappa shape index (κ3) is 14.0. The normalized spacial score (nSPS) is 13.6. The SMILES string of the molecule is C=C(C)NCC(=O)N[C@H](C(=C)NCC(=O)N[C@@H](C)C(=C)N[C@@H](C)C(=O)N[C@@H](C)C(=C)NCC(N)=O)C(C)C.[HH].[HH].[HH].[HH].[HH].[HH].[HH].[HH]. The van der Waals surface area contributed by atoms with E-state index < -0.39 is 24.0 Å². The molecule has 0 saturated heterocycles. The summed E-state index contributed by atoms with van der Waals surface area (Å²) in [6.07, 6.45) is 0. The molecule has 4 atom stereocenters. The van der Waals surface area contributed by atoms with E-state index in [9.17, 15) is 19.2 Å². The van der Waals surface area contributed by atoms with Gasteiger partial charge in [-0.25, -0.2) is 0 Å². The van der Waals surface area contributed by atoms with Crippen LogP contribution in [0.25, 0.3) is 0 Å². The van der Waals surface area contributed by atoms with Gasteiger partial charge in [-0.2, -0.15) is 0 Å². The van der Waals surface area contributed by atoms with Crippen LogP contribution >= 0.6 is 0 Å². The molecule has 0 bridgehead atoms. The Bertz CT molecular complexity index is 946. The fourth-order valence-electron chi connectivity index (χ4n) is 3.04. The van der Waals surface area contributed by atoms with E-state index in [0.717, 1.165) is 0 Å². The number of hydrogen-bond donors (Lipinski definition) is 8. The summed E-state index contributed by atoms with van der Waals surface area (Å²) in [6.45, 7) is 26.1. The van der Waals surface area contributed by atoms with Crippen molar-refractivity contribution in [1.82, 2.24) is 37.2 Å². The largest absolute Gasteiger partial charge is 0.380 e. The number of primary amides is 1. The minimum Gasteiger partial charge on any atom is -0.380 e. The van der Waals surface area contributed by atoms with Gasteiger partial charge in [0, 0.05) is 34.2 Å². The Kier molecular flexibility index (Phi) is 15.0. The molecule has 0 aromatic rings. The highest BCUT2D eigenvalue weighted by Crippen LogP contribution is 2.08. The van der Waals surface area contributed by atoms with E-state index in [0.29, 0.717) is 22.8 Å². The number of carbonyl (C=O) groups excluding carboxylic acids is 4. The van der Waals surface area contributed by atoms with Gasteiger partial charge in [0.2, 0.25) is 23.6 Å². The molecule has 0 aliphatic carbocycles. The number of rotatable bonds is 19. The lowest BCUT2D eigenvalue weighted by atomic mass is 10.0. The van der Waals surface area contributed by atoms with E-state index in [2.05, 4.69) is 63.5 Å². The first-order valence-electron chi connectivity index (χ1n) is 12.4. The molecule has 0 aromatic heterocycles. The van der Waals surface area contributed by atoms with Gasteiger partial charge in [-0.15, -0.1) is 0 Å². The molecule has 0 spiro atoms. The number of allylic oxidation sites excluding steroid dienone is 1. The smallest absolute Gasteiger partial charge is 0.242 e. The third-order valence-corrected chi connectivity index (χ3v) is 5.45. The summed E-state index contributed by atoms with van der Waals surface area (Å²) < 4.78 is 0. The molecule has 9 N–H and O–H groups in total. The standard InChI is InChI=1S/C26H46N8O4.8H2/c1-14(2)25(34-24(37)12-28-15(3)4)20(9)30-13-23(36)32-19(8)18(7)31-21(10)26(38)33-17(6)16(5)29-11-22(27)35;;;;;;;;/h14,17,19,21,25,28-31H,3,5,7,9,11-13H2,1-2,4,6,8,10H3,(H2,27,35)(H,32,36)(H,33,38)(H,34,37);8*1H/t17-,19-,21-,25-;;;;;;;;/m0......../s1. The van der Waals surface area contributed by atoms with Gasteiger partial charge in [-0.1, -0.05) is 40.2 Å². The highest BCUT2D eigenvalue weighted by Gasteiger charge is 2.22. The van der Waals surface area contributed by atoms with Crippen LogP contribution in [0.3, 0.4) is 0 Å². The molecule has 0 aliphatic rings. The lowest BCUT2D eigenvalue weighted by molar-refractivity contribution is -0.123. The average Bonchev–Trinajstić information content (AvgIpc) is 2.82. The topological polar surface area (TPSA) is 179 Å². The van der Waals surface area contributed by atoms with Crippen molar-refractivity contribution in [3.63, 3.8) is 0 Å². The van der Waals surface area contributed by atoms with Crippen LogP contribution in [0.2, 0.25) is 0 Å². The van der Waals surface area contributed by atoms with Crippen LogP contribution in [0.1, 0.15) is 53.0 Å². The predicted molar refractivity (Wildman–Crippen MR) is 167 cm³/mol. The monoisotopic (exact) mass is 550 g/mol. The maximum absolute atomic E-state index is 12.5. The van der Waals surface area contributed by atoms with Crippen molar-refractivity contribution in [2.45, 2.75) is 65.7 Å². The molecule has 0 heterocycles. The van der Waals surface area contributed by atoms with E-state index in [-0.39, 0.29) is 60.7 Å².